The van der Waals surface area contributed by atoms with Crippen molar-refractivity contribution in [3.63, 3.8) is 0 Å². The molecule has 3 aromatic heterocycles. The fourth-order valence-electron chi connectivity index (χ4n) is 7.18. The first-order valence-corrected chi connectivity index (χ1v) is 14.9. The number of carbonyl (C=O) groups excluding carboxylic acids is 2. The van der Waals surface area contributed by atoms with Gasteiger partial charge in [0.25, 0.3) is 5.91 Å². The molecule has 12 nitrogen and oxygen atoms in total. The van der Waals surface area contributed by atoms with Gasteiger partial charge in [-0.3, -0.25) is 9.59 Å². The molecule has 2 unspecified atom stereocenters. The number of nitrogens with two attached hydrogens (primary N) is 1. The number of benzene rings is 1. The zero-order chi connectivity index (χ0) is 30.6. The number of carboxylic acid groups (broad SMARTS) is 1. The maximum atomic E-state index is 13.7. The number of anilines is 2. The fraction of sp³-hybridized carbons (Fsp3) is 0.375. The minimum absolute atomic E-state index is 0.0717. The van der Waals surface area contributed by atoms with Crippen LogP contribution in [0.25, 0.3) is 5.65 Å². The van der Waals surface area contributed by atoms with Crippen LogP contribution in [0.2, 0.25) is 0 Å². The molecule has 3 saturated heterocycles. The first-order valence-electron chi connectivity index (χ1n) is 14.9. The quantitative estimate of drug-likeness (QED) is 0.328. The van der Waals surface area contributed by atoms with E-state index < -0.39 is 17.3 Å². The van der Waals surface area contributed by atoms with E-state index in [9.17, 15) is 19.5 Å². The van der Waals surface area contributed by atoms with Gasteiger partial charge in [-0.25, -0.2) is 19.3 Å². The van der Waals surface area contributed by atoms with Crippen LogP contribution >= 0.6 is 0 Å². The van der Waals surface area contributed by atoms with Gasteiger partial charge in [-0.1, -0.05) is 36.4 Å². The van der Waals surface area contributed by atoms with Crippen molar-refractivity contribution in [2.24, 2.45) is 23.0 Å². The average molecular weight is 595 g/mol. The lowest BCUT2D eigenvalue weighted by atomic mass is 9.80. The van der Waals surface area contributed by atoms with Crippen LogP contribution in [0.15, 0.2) is 60.8 Å². The fourth-order valence-corrected chi connectivity index (χ4v) is 7.18. The number of aromatic nitrogens is 4. The number of aryl methyl sites for hydroxylation is 1. The second-order valence-corrected chi connectivity index (χ2v) is 12.3. The van der Waals surface area contributed by atoms with Crippen LogP contribution in [0.4, 0.5) is 11.5 Å². The van der Waals surface area contributed by atoms with Crippen molar-refractivity contribution in [2.45, 2.75) is 19.8 Å². The SMILES string of the molecule is Cc1cc(N2CC[C@@H](Cc3ccccc3)C2)cn2nc(C(=O)N3CC4CN(c5cccc(C(=O)O)n5)CC4(C(N)=O)C3)nc12. The maximum Gasteiger partial charge on any atom is 0.354 e. The predicted molar refractivity (Wildman–Crippen MR) is 163 cm³/mol. The number of primary amides is 1. The van der Waals surface area contributed by atoms with E-state index in [2.05, 4.69) is 50.3 Å². The predicted octanol–water partition coefficient (Wildman–Crippen LogP) is 2.26. The minimum atomic E-state index is -1.12. The van der Waals surface area contributed by atoms with Gasteiger partial charge in [0.15, 0.2) is 11.3 Å². The van der Waals surface area contributed by atoms with Gasteiger partial charge in [0.05, 0.1) is 17.3 Å². The first-order chi connectivity index (χ1) is 21.2. The zero-order valence-corrected chi connectivity index (χ0v) is 24.5. The summed E-state index contributed by atoms with van der Waals surface area (Å²) in [4.78, 5) is 52.6. The Morgan fingerprint density at radius 2 is 1.82 bits per heavy atom. The molecule has 0 spiro atoms. The van der Waals surface area contributed by atoms with E-state index in [-0.39, 0.29) is 36.4 Å². The van der Waals surface area contributed by atoms with E-state index in [4.69, 9.17) is 5.73 Å². The number of pyridine rings is 2. The number of carboxylic acids is 1. The second-order valence-electron chi connectivity index (χ2n) is 12.3. The molecule has 6 heterocycles. The molecule has 0 saturated carbocycles. The summed E-state index contributed by atoms with van der Waals surface area (Å²) >= 11 is 0. The third-order valence-corrected chi connectivity index (χ3v) is 9.48. The Balaban J connectivity index is 1.07. The molecule has 44 heavy (non-hydrogen) atoms. The summed E-state index contributed by atoms with van der Waals surface area (Å²) in [5.41, 5.74) is 8.85. The second kappa shape index (κ2) is 10.6. The van der Waals surface area contributed by atoms with Gasteiger partial charge >= 0.3 is 5.97 Å². The smallest absolute Gasteiger partial charge is 0.354 e. The van der Waals surface area contributed by atoms with Crippen LogP contribution in [0, 0.1) is 24.2 Å². The summed E-state index contributed by atoms with van der Waals surface area (Å²) in [7, 11) is 0. The van der Waals surface area contributed by atoms with Crippen LogP contribution in [-0.4, -0.2) is 86.6 Å². The van der Waals surface area contributed by atoms with Gasteiger partial charge in [0.1, 0.15) is 5.82 Å². The van der Waals surface area contributed by atoms with Gasteiger partial charge in [-0.05, 0) is 55.0 Å². The number of amides is 2. The largest absolute Gasteiger partial charge is 0.477 e. The lowest BCUT2D eigenvalue weighted by Gasteiger charge is -2.26. The molecule has 2 amide bonds. The van der Waals surface area contributed by atoms with E-state index in [0.29, 0.717) is 30.5 Å². The van der Waals surface area contributed by atoms with Crippen molar-refractivity contribution in [1.29, 1.82) is 0 Å². The maximum absolute atomic E-state index is 13.7. The molecule has 3 atom stereocenters. The summed E-state index contributed by atoms with van der Waals surface area (Å²) in [5, 5.41) is 13.9. The van der Waals surface area contributed by atoms with Gasteiger partial charge < -0.3 is 25.5 Å². The number of carbonyl (C=O) groups is 3. The van der Waals surface area contributed by atoms with E-state index in [1.807, 2.05) is 24.1 Å². The normalized spacial score (nSPS) is 23.0. The van der Waals surface area contributed by atoms with Crippen LogP contribution in [0.1, 0.15) is 38.7 Å². The third kappa shape index (κ3) is 4.80. The van der Waals surface area contributed by atoms with Crippen LogP contribution in [-0.2, 0) is 11.2 Å². The molecule has 226 valence electrons. The number of nitrogens with zero attached hydrogens (tertiary/aromatic N) is 7. The molecular formula is C32H34N8O4. The third-order valence-electron chi connectivity index (χ3n) is 9.48. The van der Waals surface area contributed by atoms with Crippen LogP contribution in [0.5, 0.6) is 0 Å². The Morgan fingerprint density at radius 3 is 2.57 bits per heavy atom. The number of hydrogen-bond donors (Lipinski definition) is 2. The number of likely N-dealkylation sites (tertiary alicyclic amines) is 1. The Bertz CT molecular complexity index is 1770. The lowest BCUT2D eigenvalue weighted by Crippen LogP contribution is -2.46. The van der Waals surface area contributed by atoms with Crippen LogP contribution in [0.3, 0.4) is 0 Å². The highest BCUT2D eigenvalue weighted by atomic mass is 16.4. The summed E-state index contributed by atoms with van der Waals surface area (Å²) < 4.78 is 1.69. The molecule has 7 rings (SSSR count). The highest BCUT2D eigenvalue weighted by Gasteiger charge is 2.58. The first kappa shape index (κ1) is 27.8. The van der Waals surface area contributed by atoms with Gasteiger partial charge in [-0.2, -0.15) is 0 Å². The average Bonchev–Trinajstić information content (AvgIpc) is 3.79. The standard InChI is InChI=1S/C32H34N8O4/c1-20-12-24(37-11-10-22(14-37)13-21-6-3-2-4-7-21)17-40-28(20)35-27(36-40)29(41)39-16-23-15-38(18-32(23,19-39)31(33)44)26-9-5-8-25(34-26)30(42)43/h2-9,12,17,22-23H,10-11,13-16,18-19H2,1H3,(H2,33,44)(H,42,43)/t22-,23?,32?/m0/s1. The van der Waals surface area contributed by atoms with E-state index in [0.717, 1.165) is 37.2 Å². The Morgan fingerprint density at radius 1 is 1.00 bits per heavy atom. The molecule has 1 aromatic carbocycles. The molecule has 12 heteroatoms. The lowest BCUT2D eigenvalue weighted by molar-refractivity contribution is -0.127. The molecule has 4 aromatic rings. The topological polar surface area (TPSA) is 150 Å². The molecule has 0 aliphatic carbocycles. The Kier molecular flexibility index (Phi) is 6.71. The molecule has 0 radical (unpaired) electrons. The molecule has 3 fully saturated rings. The van der Waals surface area contributed by atoms with E-state index in [1.165, 1.54) is 11.6 Å². The van der Waals surface area contributed by atoms with Gasteiger partial charge in [-0.15, -0.1) is 5.10 Å². The molecule has 3 N–H and O–H groups in total. The number of rotatable bonds is 7. The summed E-state index contributed by atoms with van der Waals surface area (Å²) in [6, 6.07) is 17.4. The van der Waals surface area contributed by atoms with E-state index >= 15 is 0 Å². The monoisotopic (exact) mass is 594 g/mol. The van der Waals surface area contributed by atoms with Crippen LogP contribution < -0.4 is 15.5 Å². The Labute approximate surface area is 254 Å². The Hall–Kier alpha value is -5.00. The number of aromatic carboxylic acids is 1. The molecule has 3 aliphatic rings. The van der Waals surface area contributed by atoms with Crippen molar-refractivity contribution in [1.82, 2.24) is 24.5 Å². The van der Waals surface area contributed by atoms with Crippen molar-refractivity contribution in [3.05, 3.63) is 83.4 Å². The summed E-state index contributed by atoms with van der Waals surface area (Å²) in [6.07, 6.45) is 4.10. The van der Waals surface area contributed by atoms with Gasteiger partial charge in [0, 0.05) is 45.2 Å². The zero-order valence-electron chi connectivity index (χ0n) is 24.5. The summed E-state index contributed by atoms with van der Waals surface area (Å²) in [6.45, 7) is 5.01. The highest BCUT2D eigenvalue weighted by Crippen LogP contribution is 2.44. The highest BCUT2D eigenvalue weighted by molar-refractivity contribution is 5.93. The number of hydrogen-bond acceptors (Lipinski definition) is 8. The van der Waals surface area contributed by atoms with Crippen molar-refractivity contribution in [2.75, 3.05) is 49.1 Å². The summed E-state index contributed by atoms with van der Waals surface area (Å²) in [5.74, 6) is -1.07. The molecule has 0 bridgehead atoms. The van der Waals surface area contributed by atoms with Crippen molar-refractivity contribution < 1.29 is 19.5 Å². The molecule has 3 aliphatic heterocycles. The number of fused-ring (bicyclic) bond motifs is 2. The molecular weight excluding hydrogens is 560 g/mol. The van der Waals surface area contributed by atoms with Gasteiger partial charge in [0.2, 0.25) is 11.7 Å². The van der Waals surface area contributed by atoms with E-state index in [1.54, 1.807) is 21.5 Å². The van der Waals surface area contributed by atoms with Crippen molar-refractivity contribution in [3.8, 4) is 0 Å². The van der Waals surface area contributed by atoms with Crippen molar-refractivity contribution >= 4 is 34.9 Å². The minimum Gasteiger partial charge on any atom is -0.477 e.